The third kappa shape index (κ3) is 10.7. The molecule has 4 nitrogen and oxygen atoms in total. The van der Waals surface area contributed by atoms with Crippen LogP contribution in [0.2, 0.25) is 0 Å². The molecule has 0 amide bonds. The van der Waals surface area contributed by atoms with Crippen LogP contribution in [-0.2, 0) is 0 Å². The van der Waals surface area contributed by atoms with Gasteiger partial charge in [-0.2, -0.15) is 0 Å². The Hall–Kier alpha value is -9.38. The molecule has 0 radical (unpaired) electrons. The van der Waals surface area contributed by atoms with Crippen molar-refractivity contribution in [3.8, 4) is 33.4 Å². The second-order valence-corrected chi connectivity index (χ2v) is 20.0. The lowest BCUT2D eigenvalue weighted by atomic mass is 10.0. The van der Waals surface area contributed by atoms with E-state index in [1.54, 1.807) is 0 Å². The van der Waals surface area contributed by atoms with Crippen molar-refractivity contribution in [3.05, 3.63) is 295 Å². The highest BCUT2D eigenvalue weighted by Crippen LogP contribution is 2.41. The Morgan fingerprint density at radius 2 is 0.368 bits per heavy atom. The second-order valence-electron chi connectivity index (χ2n) is 20.0. The zero-order valence-electron chi connectivity index (χ0n) is 44.2. The van der Waals surface area contributed by atoms with Gasteiger partial charge in [0.05, 0.1) is 0 Å². The van der Waals surface area contributed by atoms with Gasteiger partial charge >= 0.3 is 0 Å². The molecular formula is C72H62N4. The SMILES string of the molecule is Cc1cccc(N(C)c2ccc(-c3ccc(N(c4ccc(-c5ccc(N(c6ccc(-c7ccc(N(c8cccc(C)c8)c8cccc(C)c8)cc7)cc6)c6cccc(C)c6)cc5)cc4)c4cccc(C)c4)cc3)cc2)c1. The predicted octanol–water partition coefficient (Wildman–Crippen LogP) is 20.4. The molecule has 11 aromatic rings. The Kier molecular flexibility index (Phi) is 13.9. The van der Waals surface area contributed by atoms with Crippen LogP contribution in [0.25, 0.3) is 33.4 Å². The normalized spacial score (nSPS) is 11.0. The summed E-state index contributed by atoms with van der Waals surface area (Å²) in [5.74, 6) is 0. The molecular weight excluding hydrogens is 921 g/mol. The number of hydrogen-bond acceptors (Lipinski definition) is 4. The van der Waals surface area contributed by atoms with Crippen LogP contribution in [0.4, 0.5) is 62.6 Å². The average Bonchev–Trinajstić information content (AvgIpc) is 3.44. The van der Waals surface area contributed by atoms with Crippen molar-refractivity contribution < 1.29 is 0 Å². The maximum Gasteiger partial charge on any atom is 0.0464 e. The Bertz CT molecular complexity index is 3700. The Balaban J connectivity index is 0.833. The molecule has 0 bridgehead atoms. The van der Waals surface area contributed by atoms with Gasteiger partial charge < -0.3 is 19.6 Å². The van der Waals surface area contributed by atoms with E-state index in [0.29, 0.717) is 0 Å². The largest absolute Gasteiger partial charge is 0.345 e. The van der Waals surface area contributed by atoms with Crippen LogP contribution in [0.3, 0.4) is 0 Å². The first-order chi connectivity index (χ1) is 37.1. The highest BCUT2D eigenvalue weighted by atomic mass is 15.2. The van der Waals surface area contributed by atoms with Crippen molar-refractivity contribution in [1.29, 1.82) is 0 Å². The molecule has 11 rings (SSSR count). The van der Waals surface area contributed by atoms with Gasteiger partial charge in [0.15, 0.2) is 0 Å². The molecule has 4 heteroatoms. The Morgan fingerprint density at radius 3 is 0.592 bits per heavy atom. The fourth-order valence-electron chi connectivity index (χ4n) is 10.3. The van der Waals surface area contributed by atoms with Gasteiger partial charge in [-0.3, -0.25) is 0 Å². The van der Waals surface area contributed by atoms with Crippen molar-refractivity contribution in [3.63, 3.8) is 0 Å². The number of benzene rings is 11. The summed E-state index contributed by atoms with van der Waals surface area (Å²) in [5, 5.41) is 0. The predicted molar refractivity (Wildman–Crippen MR) is 325 cm³/mol. The van der Waals surface area contributed by atoms with Crippen LogP contribution in [-0.4, -0.2) is 7.05 Å². The van der Waals surface area contributed by atoms with E-state index in [4.69, 9.17) is 0 Å². The van der Waals surface area contributed by atoms with Gasteiger partial charge in [-0.25, -0.2) is 0 Å². The molecule has 0 heterocycles. The molecule has 0 saturated heterocycles. The third-order valence-corrected chi connectivity index (χ3v) is 14.3. The van der Waals surface area contributed by atoms with Crippen molar-refractivity contribution in [2.24, 2.45) is 0 Å². The summed E-state index contributed by atoms with van der Waals surface area (Å²) >= 11 is 0. The highest BCUT2D eigenvalue weighted by molar-refractivity contribution is 5.84. The highest BCUT2D eigenvalue weighted by Gasteiger charge is 2.18. The number of nitrogens with zero attached hydrogens (tertiary/aromatic N) is 4. The van der Waals surface area contributed by atoms with Crippen LogP contribution < -0.4 is 19.6 Å². The van der Waals surface area contributed by atoms with E-state index in [1.807, 2.05) is 0 Å². The summed E-state index contributed by atoms with van der Waals surface area (Å²) in [6.45, 7) is 10.7. The van der Waals surface area contributed by atoms with Crippen molar-refractivity contribution in [2.75, 3.05) is 26.6 Å². The molecule has 0 spiro atoms. The standard InChI is InChI=1S/C72H62N4/c1-51-12-7-17-68(46-51)73(6)62-34-22-56(23-35-62)57-24-36-63(37-25-57)74(69-18-8-13-52(2)47-69)64-38-26-58(27-39-64)59-28-40-65(41-29-59)75(70-19-9-14-53(3)48-70)66-42-30-60(31-43-66)61-32-44-67(45-33-61)76(71-20-10-15-54(4)49-71)72-21-11-16-55(5)50-72/h7-50H,1-6H3. The fraction of sp³-hybridized carbons (Fsp3) is 0.0833. The van der Waals surface area contributed by atoms with E-state index in [1.165, 1.54) is 50.2 Å². The number of anilines is 11. The Morgan fingerprint density at radius 1 is 0.184 bits per heavy atom. The van der Waals surface area contributed by atoms with Crippen LogP contribution in [0, 0.1) is 34.6 Å². The number of aryl methyl sites for hydroxylation is 5. The summed E-state index contributed by atoms with van der Waals surface area (Å²) < 4.78 is 0. The lowest BCUT2D eigenvalue weighted by molar-refractivity contribution is 1.20. The number of rotatable bonds is 14. The van der Waals surface area contributed by atoms with Crippen LogP contribution >= 0.6 is 0 Å². The lowest BCUT2D eigenvalue weighted by Crippen LogP contribution is -2.10. The van der Waals surface area contributed by atoms with Crippen molar-refractivity contribution >= 4 is 62.6 Å². The van der Waals surface area contributed by atoms with E-state index in [9.17, 15) is 0 Å². The van der Waals surface area contributed by atoms with Crippen LogP contribution in [0.5, 0.6) is 0 Å². The monoisotopic (exact) mass is 982 g/mol. The molecule has 370 valence electrons. The van der Waals surface area contributed by atoms with Gasteiger partial charge in [-0.1, -0.05) is 133 Å². The zero-order valence-corrected chi connectivity index (χ0v) is 44.2. The maximum absolute atomic E-state index is 2.35. The summed E-state index contributed by atoms with van der Waals surface area (Å²) in [5.41, 5.74) is 25.5. The van der Waals surface area contributed by atoms with E-state index >= 15 is 0 Å². The van der Waals surface area contributed by atoms with Gasteiger partial charge in [0.2, 0.25) is 0 Å². The lowest BCUT2D eigenvalue weighted by Gasteiger charge is -2.27. The first kappa shape index (κ1) is 48.9. The molecule has 11 aromatic carbocycles. The molecule has 0 aliphatic heterocycles. The van der Waals surface area contributed by atoms with Gasteiger partial charge in [0.1, 0.15) is 0 Å². The molecule has 0 aliphatic carbocycles. The minimum Gasteiger partial charge on any atom is -0.345 e. The van der Waals surface area contributed by atoms with Crippen molar-refractivity contribution in [1.82, 2.24) is 0 Å². The second kappa shape index (κ2) is 21.6. The van der Waals surface area contributed by atoms with Gasteiger partial charge in [0.25, 0.3) is 0 Å². The van der Waals surface area contributed by atoms with E-state index in [-0.39, 0.29) is 0 Å². The van der Waals surface area contributed by atoms with Crippen LogP contribution in [0.15, 0.2) is 267 Å². The first-order valence-corrected chi connectivity index (χ1v) is 26.2. The van der Waals surface area contributed by atoms with Gasteiger partial charge in [0, 0.05) is 69.6 Å². The summed E-state index contributed by atoms with van der Waals surface area (Å²) in [6, 6.07) is 97.0. The third-order valence-electron chi connectivity index (χ3n) is 14.3. The van der Waals surface area contributed by atoms with E-state index < -0.39 is 0 Å². The topological polar surface area (TPSA) is 13.0 Å². The quantitative estimate of drug-likeness (QED) is 0.108. The molecule has 0 aliphatic rings. The molecule has 0 N–H and O–H groups in total. The van der Waals surface area contributed by atoms with E-state index in [0.717, 1.165) is 73.6 Å². The van der Waals surface area contributed by atoms with Gasteiger partial charge in [-0.05, 0) is 229 Å². The minimum absolute atomic E-state index is 1.09. The number of hydrogen-bond donors (Lipinski definition) is 0. The van der Waals surface area contributed by atoms with Gasteiger partial charge in [-0.15, -0.1) is 0 Å². The maximum atomic E-state index is 2.35. The molecule has 76 heavy (non-hydrogen) atoms. The summed E-state index contributed by atoms with van der Waals surface area (Å²) in [4.78, 5) is 9.26. The zero-order chi connectivity index (χ0) is 52.1. The molecule has 0 aromatic heterocycles. The molecule has 0 atom stereocenters. The smallest absolute Gasteiger partial charge is 0.0464 e. The van der Waals surface area contributed by atoms with Crippen LogP contribution in [0.1, 0.15) is 27.8 Å². The van der Waals surface area contributed by atoms with E-state index in [2.05, 4.69) is 328 Å². The average molecular weight is 983 g/mol. The first-order valence-electron chi connectivity index (χ1n) is 26.2. The summed E-state index contributed by atoms with van der Waals surface area (Å²) in [7, 11) is 2.12. The molecule has 0 saturated carbocycles. The minimum atomic E-state index is 1.09. The summed E-state index contributed by atoms with van der Waals surface area (Å²) in [6.07, 6.45) is 0. The Labute approximate surface area is 449 Å². The molecule has 0 fully saturated rings. The van der Waals surface area contributed by atoms with Crippen molar-refractivity contribution in [2.45, 2.75) is 34.6 Å². The fourth-order valence-corrected chi connectivity index (χ4v) is 10.3. The molecule has 0 unspecified atom stereocenters.